The summed E-state index contributed by atoms with van der Waals surface area (Å²) in [6, 6.07) is 22.0. The summed E-state index contributed by atoms with van der Waals surface area (Å²) in [4.78, 5) is 0. The molecule has 162 valence electrons. The highest BCUT2D eigenvalue weighted by atomic mass is 16.7. The molecule has 0 aliphatic carbocycles. The van der Waals surface area contributed by atoms with Crippen LogP contribution in [0.1, 0.15) is 20.8 Å². The van der Waals surface area contributed by atoms with E-state index in [1.165, 1.54) is 0 Å². The van der Waals surface area contributed by atoms with Gasteiger partial charge < -0.3 is 28.2 Å². The Kier molecular flexibility index (Phi) is 8.34. The zero-order valence-electron chi connectivity index (χ0n) is 18.1. The molecule has 0 N–H and O–H groups in total. The fraction of sp³-hybridized carbons (Fsp3) is 0.250. The highest BCUT2D eigenvalue weighted by Gasteiger charge is 2.30. The van der Waals surface area contributed by atoms with Gasteiger partial charge in [-0.15, -0.1) is 0 Å². The standard InChI is InChI=1S/C24H27BO6/c1-4-26-19-10-7-13-22(16-19)29-25(30-23-14-8-11-20(17-23)27-5-2)31-24-15-9-12-21(18-24)28-6-3/h7-18H,4-6H2,1-3H3. The number of benzene rings is 3. The molecular formula is C24H27BO6. The number of rotatable bonds is 12. The van der Waals surface area contributed by atoms with Crippen LogP contribution in [0.4, 0.5) is 0 Å². The Labute approximate surface area is 183 Å². The van der Waals surface area contributed by atoms with Crippen molar-refractivity contribution >= 4 is 7.32 Å². The van der Waals surface area contributed by atoms with E-state index < -0.39 is 7.32 Å². The zero-order valence-corrected chi connectivity index (χ0v) is 18.1. The Bertz CT molecular complexity index is 826. The van der Waals surface area contributed by atoms with Gasteiger partial charge >= 0.3 is 7.32 Å². The monoisotopic (exact) mass is 422 g/mol. The summed E-state index contributed by atoms with van der Waals surface area (Å²) in [6.45, 7) is 7.48. The van der Waals surface area contributed by atoms with Crippen LogP contribution in [-0.4, -0.2) is 27.1 Å². The van der Waals surface area contributed by atoms with Crippen molar-refractivity contribution in [1.29, 1.82) is 0 Å². The van der Waals surface area contributed by atoms with Crippen molar-refractivity contribution in [3.05, 3.63) is 72.8 Å². The van der Waals surface area contributed by atoms with Crippen molar-refractivity contribution in [3.63, 3.8) is 0 Å². The molecular weight excluding hydrogens is 395 g/mol. The average molecular weight is 422 g/mol. The van der Waals surface area contributed by atoms with Gasteiger partial charge in [-0.05, 0) is 57.2 Å². The predicted octanol–water partition coefficient (Wildman–Crippen LogP) is 5.40. The maximum atomic E-state index is 6.00. The molecule has 0 atom stereocenters. The average Bonchev–Trinajstić information content (AvgIpc) is 2.75. The molecule has 0 aromatic heterocycles. The summed E-state index contributed by atoms with van der Waals surface area (Å²) < 4.78 is 34.7. The highest BCUT2D eigenvalue weighted by molar-refractivity contribution is 6.39. The second-order valence-electron chi connectivity index (χ2n) is 6.37. The van der Waals surface area contributed by atoms with Crippen LogP contribution in [0.15, 0.2) is 72.8 Å². The SMILES string of the molecule is CCOc1cccc(OB(Oc2cccc(OCC)c2)Oc2cccc(OCC)c2)c1. The first-order chi connectivity index (χ1) is 15.2. The second-order valence-corrected chi connectivity index (χ2v) is 6.37. The molecule has 0 aliphatic heterocycles. The normalized spacial score (nSPS) is 10.2. The van der Waals surface area contributed by atoms with E-state index in [4.69, 9.17) is 28.2 Å². The zero-order chi connectivity index (χ0) is 21.9. The Morgan fingerprint density at radius 3 is 1.06 bits per heavy atom. The van der Waals surface area contributed by atoms with Crippen LogP contribution in [0.3, 0.4) is 0 Å². The lowest BCUT2D eigenvalue weighted by molar-refractivity contribution is 0.300. The molecule has 6 nitrogen and oxygen atoms in total. The second kappa shape index (κ2) is 11.6. The summed E-state index contributed by atoms with van der Waals surface area (Å²) in [7, 11) is -1.05. The molecule has 31 heavy (non-hydrogen) atoms. The smallest absolute Gasteiger partial charge is 0.494 e. The highest BCUT2D eigenvalue weighted by Crippen LogP contribution is 2.25. The van der Waals surface area contributed by atoms with E-state index in [0.29, 0.717) is 54.3 Å². The van der Waals surface area contributed by atoms with E-state index in [-0.39, 0.29) is 0 Å². The van der Waals surface area contributed by atoms with Gasteiger partial charge in [-0.25, -0.2) is 0 Å². The van der Waals surface area contributed by atoms with Gasteiger partial charge in [0.25, 0.3) is 0 Å². The van der Waals surface area contributed by atoms with Crippen LogP contribution in [0.25, 0.3) is 0 Å². The Hall–Kier alpha value is -3.48. The van der Waals surface area contributed by atoms with Crippen LogP contribution in [0, 0.1) is 0 Å². The quantitative estimate of drug-likeness (QED) is 0.364. The van der Waals surface area contributed by atoms with Crippen molar-refractivity contribution in [3.8, 4) is 34.5 Å². The molecule has 3 rings (SSSR count). The largest absolute Gasteiger partial charge is 0.864 e. The van der Waals surface area contributed by atoms with Crippen LogP contribution in [0.5, 0.6) is 34.5 Å². The molecule has 0 fully saturated rings. The van der Waals surface area contributed by atoms with E-state index in [0.717, 1.165) is 0 Å². The van der Waals surface area contributed by atoms with E-state index in [9.17, 15) is 0 Å². The Balaban J connectivity index is 1.81. The minimum absolute atomic E-state index is 0.554. The number of ether oxygens (including phenoxy) is 3. The van der Waals surface area contributed by atoms with Gasteiger partial charge in [0.2, 0.25) is 0 Å². The van der Waals surface area contributed by atoms with Crippen LogP contribution < -0.4 is 28.2 Å². The maximum Gasteiger partial charge on any atom is 0.864 e. The van der Waals surface area contributed by atoms with E-state index in [2.05, 4.69) is 0 Å². The summed E-state index contributed by atoms with van der Waals surface area (Å²) in [5.74, 6) is 3.77. The Morgan fingerprint density at radius 1 is 0.484 bits per heavy atom. The molecule has 0 bridgehead atoms. The van der Waals surface area contributed by atoms with Gasteiger partial charge in [-0.2, -0.15) is 0 Å². The molecule has 0 unspecified atom stereocenters. The molecule has 7 heteroatoms. The van der Waals surface area contributed by atoms with Gasteiger partial charge in [0, 0.05) is 18.2 Å². The third-order valence-electron chi connectivity index (χ3n) is 4.05. The van der Waals surface area contributed by atoms with E-state index in [1.807, 2.05) is 75.4 Å². The van der Waals surface area contributed by atoms with Crippen molar-refractivity contribution in [2.24, 2.45) is 0 Å². The van der Waals surface area contributed by atoms with Gasteiger partial charge in [-0.3, -0.25) is 0 Å². The van der Waals surface area contributed by atoms with E-state index >= 15 is 0 Å². The van der Waals surface area contributed by atoms with Crippen molar-refractivity contribution in [1.82, 2.24) is 0 Å². The summed E-state index contributed by atoms with van der Waals surface area (Å²) in [6.07, 6.45) is 0. The molecule has 0 saturated heterocycles. The first kappa shape index (κ1) is 22.2. The van der Waals surface area contributed by atoms with Crippen LogP contribution in [-0.2, 0) is 0 Å². The van der Waals surface area contributed by atoms with Crippen LogP contribution in [0.2, 0.25) is 0 Å². The molecule has 0 spiro atoms. The third kappa shape index (κ3) is 7.06. The number of hydrogen-bond donors (Lipinski definition) is 0. The predicted molar refractivity (Wildman–Crippen MR) is 120 cm³/mol. The van der Waals surface area contributed by atoms with Gasteiger partial charge in [0.15, 0.2) is 0 Å². The molecule has 0 aliphatic rings. The van der Waals surface area contributed by atoms with Crippen LogP contribution >= 0.6 is 0 Å². The molecule has 3 aromatic carbocycles. The Morgan fingerprint density at radius 2 is 0.774 bits per heavy atom. The van der Waals surface area contributed by atoms with Gasteiger partial charge in [0.1, 0.15) is 34.5 Å². The first-order valence-electron chi connectivity index (χ1n) is 10.4. The summed E-state index contributed by atoms with van der Waals surface area (Å²) in [5.41, 5.74) is 0. The lowest BCUT2D eigenvalue weighted by Crippen LogP contribution is -2.37. The third-order valence-corrected chi connectivity index (χ3v) is 4.05. The van der Waals surface area contributed by atoms with Crippen molar-refractivity contribution in [2.75, 3.05) is 19.8 Å². The fourth-order valence-corrected chi connectivity index (χ4v) is 2.82. The van der Waals surface area contributed by atoms with E-state index in [1.54, 1.807) is 18.2 Å². The fourth-order valence-electron chi connectivity index (χ4n) is 2.82. The van der Waals surface area contributed by atoms with Crippen molar-refractivity contribution < 1.29 is 28.2 Å². The first-order valence-corrected chi connectivity index (χ1v) is 10.4. The van der Waals surface area contributed by atoms with Crippen molar-refractivity contribution in [2.45, 2.75) is 20.8 Å². The lowest BCUT2D eigenvalue weighted by atomic mass is 10.2. The minimum atomic E-state index is -1.05. The topological polar surface area (TPSA) is 55.4 Å². The summed E-state index contributed by atoms with van der Waals surface area (Å²) in [5, 5.41) is 0. The summed E-state index contributed by atoms with van der Waals surface area (Å²) >= 11 is 0. The minimum Gasteiger partial charge on any atom is -0.494 e. The van der Waals surface area contributed by atoms with Gasteiger partial charge in [0.05, 0.1) is 19.8 Å². The van der Waals surface area contributed by atoms with Gasteiger partial charge in [-0.1, -0.05) is 18.2 Å². The lowest BCUT2D eigenvalue weighted by Gasteiger charge is -2.18. The maximum absolute atomic E-state index is 6.00. The molecule has 3 aromatic rings. The molecule has 0 heterocycles. The molecule has 0 saturated carbocycles. The number of hydrogen-bond acceptors (Lipinski definition) is 6. The molecule has 0 amide bonds. The molecule has 0 radical (unpaired) electrons.